The summed E-state index contributed by atoms with van der Waals surface area (Å²) >= 11 is 0. The molecule has 0 saturated carbocycles. The summed E-state index contributed by atoms with van der Waals surface area (Å²) in [6.45, 7) is 5.85. The molecule has 0 bridgehead atoms. The third kappa shape index (κ3) is 57.0. The van der Waals surface area contributed by atoms with E-state index >= 15 is 0 Å². The minimum absolute atomic E-state index is 0. The van der Waals surface area contributed by atoms with Gasteiger partial charge in [-0.05, 0) is 0 Å². The van der Waals surface area contributed by atoms with Gasteiger partial charge in [-0.2, -0.15) is 0 Å². The quantitative estimate of drug-likeness (QED) is 0.779. The fraction of sp³-hybridized carbons (Fsp3) is 0.833. The van der Waals surface area contributed by atoms with Gasteiger partial charge in [0.25, 0.3) is 0 Å². The van der Waals surface area contributed by atoms with Gasteiger partial charge in [-0.1, -0.05) is 27.2 Å². The van der Waals surface area contributed by atoms with E-state index in [0.29, 0.717) is 0 Å². The van der Waals surface area contributed by atoms with Gasteiger partial charge >= 0.3 is 5.97 Å². The van der Waals surface area contributed by atoms with Crippen molar-refractivity contribution in [2.75, 3.05) is 0 Å². The van der Waals surface area contributed by atoms with Gasteiger partial charge in [-0.25, -0.2) is 0 Å². The molecule has 0 fully saturated rings. The van der Waals surface area contributed by atoms with E-state index in [2.05, 4.69) is 13.8 Å². The van der Waals surface area contributed by atoms with Gasteiger partial charge in [-0.3, -0.25) is 4.79 Å². The molecule has 0 atom stereocenters. The molecule has 0 aromatic heterocycles. The third-order valence-corrected chi connectivity index (χ3v) is 0.302. The molecule has 3 heteroatoms. The number of carboxylic acids is 1. The number of rotatable bonds is 1. The first-order valence-electron chi connectivity index (χ1n) is 2.90. The zero-order valence-electron chi connectivity index (χ0n) is 6.27. The van der Waals surface area contributed by atoms with Gasteiger partial charge in [0, 0.05) is 37.5 Å². The van der Waals surface area contributed by atoms with Crippen LogP contribution < -0.4 is 0 Å². The first-order valence-corrected chi connectivity index (χ1v) is 2.90. The second-order valence-corrected chi connectivity index (χ2v) is 1.45. The van der Waals surface area contributed by atoms with Crippen LogP contribution in [0, 0.1) is 31.1 Å². The summed E-state index contributed by atoms with van der Waals surface area (Å²) in [5.74, 6) is -0.745. The molecule has 0 unspecified atom stereocenters. The van der Waals surface area contributed by atoms with E-state index < -0.39 is 5.97 Å². The molecule has 1 N–H and O–H groups in total. The van der Waals surface area contributed by atoms with Crippen LogP contribution in [0.4, 0.5) is 0 Å². The fourth-order valence-electron chi connectivity index (χ4n) is 0. The van der Waals surface area contributed by atoms with E-state index in [1.165, 1.54) is 6.42 Å². The molecular formula is C6H14O2U. The molecule has 0 heterocycles. The zero-order valence-corrected chi connectivity index (χ0v) is 10.4. The standard InChI is InChI=1S/C3H6O2.C3H8.U/c1-2-3(4)5;1-3-2;/h2H2,1H3,(H,4,5);3H2,1-2H3;. The number of hydrogen-bond donors (Lipinski definition) is 1. The van der Waals surface area contributed by atoms with Crippen LogP contribution in [0.5, 0.6) is 0 Å². The summed E-state index contributed by atoms with van der Waals surface area (Å²) in [5, 5.41) is 7.72. The summed E-state index contributed by atoms with van der Waals surface area (Å²) in [5.41, 5.74) is 0. The molecule has 54 valence electrons. The molecule has 0 radical (unpaired) electrons. The summed E-state index contributed by atoms with van der Waals surface area (Å²) in [6, 6.07) is 0. The van der Waals surface area contributed by atoms with Crippen molar-refractivity contribution in [1.29, 1.82) is 0 Å². The van der Waals surface area contributed by atoms with Gasteiger partial charge in [0.05, 0.1) is 0 Å². The maximum Gasteiger partial charge on any atom is 0.303 e. The number of hydrogen-bond acceptors (Lipinski definition) is 1. The van der Waals surface area contributed by atoms with Gasteiger partial charge in [0.1, 0.15) is 0 Å². The van der Waals surface area contributed by atoms with Gasteiger partial charge in [-0.15, -0.1) is 0 Å². The molecule has 2 nitrogen and oxygen atoms in total. The van der Waals surface area contributed by atoms with E-state index in [1.54, 1.807) is 6.92 Å². The minimum atomic E-state index is -0.745. The van der Waals surface area contributed by atoms with Crippen LogP contribution in [0.3, 0.4) is 0 Å². The molecule has 0 spiro atoms. The van der Waals surface area contributed by atoms with Crippen LogP contribution in [0.15, 0.2) is 0 Å². The normalized spacial score (nSPS) is 6.11. The molecular weight excluding hydrogens is 342 g/mol. The first-order chi connectivity index (χ1) is 3.68. The Labute approximate surface area is 80.4 Å². The predicted molar refractivity (Wildman–Crippen MR) is 33.9 cm³/mol. The molecule has 9 heavy (non-hydrogen) atoms. The van der Waals surface area contributed by atoms with Crippen LogP contribution in [0.1, 0.15) is 33.6 Å². The summed E-state index contributed by atoms with van der Waals surface area (Å²) < 4.78 is 0. The number of aliphatic carboxylic acids is 1. The first kappa shape index (κ1) is 16.3. The zero-order chi connectivity index (χ0) is 6.99. The van der Waals surface area contributed by atoms with Gasteiger partial charge < -0.3 is 5.11 Å². The Morgan fingerprint density at radius 2 is 1.44 bits per heavy atom. The van der Waals surface area contributed by atoms with E-state index in [1.807, 2.05) is 0 Å². The Kier molecular flexibility index (Phi) is 28.6. The summed E-state index contributed by atoms with van der Waals surface area (Å²) in [7, 11) is 0. The van der Waals surface area contributed by atoms with Gasteiger partial charge in [0.15, 0.2) is 0 Å². The Hall–Kier alpha value is 0.522. The van der Waals surface area contributed by atoms with Crippen LogP contribution in [-0.2, 0) is 4.79 Å². The topological polar surface area (TPSA) is 37.3 Å². The Morgan fingerprint density at radius 1 is 1.33 bits per heavy atom. The molecule has 0 aromatic carbocycles. The summed E-state index contributed by atoms with van der Waals surface area (Å²) in [6.07, 6.45) is 1.47. The minimum Gasteiger partial charge on any atom is -0.481 e. The smallest absolute Gasteiger partial charge is 0.303 e. The van der Waals surface area contributed by atoms with Crippen molar-refractivity contribution in [3.05, 3.63) is 0 Å². The summed E-state index contributed by atoms with van der Waals surface area (Å²) in [4.78, 5) is 9.37. The molecule has 0 aromatic rings. The second-order valence-electron chi connectivity index (χ2n) is 1.45. The average molecular weight is 356 g/mol. The van der Waals surface area contributed by atoms with E-state index in [9.17, 15) is 4.79 Å². The van der Waals surface area contributed by atoms with Crippen molar-refractivity contribution < 1.29 is 41.0 Å². The SMILES string of the molecule is CCC.CCC(=O)O.[U]. The Balaban J connectivity index is -0.0000000800. The molecule has 0 aliphatic heterocycles. The Bertz CT molecular complexity index is 55.0. The van der Waals surface area contributed by atoms with Crippen LogP contribution in [0.2, 0.25) is 0 Å². The van der Waals surface area contributed by atoms with Crippen LogP contribution in [0.25, 0.3) is 0 Å². The van der Waals surface area contributed by atoms with E-state index in [-0.39, 0.29) is 37.5 Å². The van der Waals surface area contributed by atoms with Crippen molar-refractivity contribution in [2.24, 2.45) is 0 Å². The van der Waals surface area contributed by atoms with Crippen LogP contribution >= 0.6 is 0 Å². The monoisotopic (exact) mass is 356 g/mol. The Morgan fingerprint density at radius 3 is 1.44 bits per heavy atom. The maximum atomic E-state index is 9.37. The number of carbonyl (C=O) groups is 1. The van der Waals surface area contributed by atoms with Crippen molar-refractivity contribution >= 4 is 5.97 Å². The molecule has 0 aliphatic carbocycles. The second kappa shape index (κ2) is 15.8. The van der Waals surface area contributed by atoms with Crippen LogP contribution in [-0.4, -0.2) is 11.1 Å². The molecule has 0 saturated heterocycles. The average Bonchev–Trinajstić information content (AvgIpc) is 1.69. The van der Waals surface area contributed by atoms with Gasteiger partial charge in [0.2, 0.25) is 0 Å². The predicted octanol–water partition coefficient (Wildman–Crippen LogP) is 1.90. The van der Waals surface area contributed by atoms with E-state index in [4.69, 9.17) is 5.11 Å². The van der Waals surface area contributed by atoms with Crippen molar-refractivity contribution in [1.82, 2.24) is 0 Å². The molecule has 0 amide bonds. The van der Waals surface area contributed by atoms with Crippen molar-refractivity contribution in [2.45, 2.75) is 33.6 Å². The van der Waals surface area contributed by atoms with Crippen molar-refractivity contribution in [3.8, 4) is 0 Å². The number of carboxylic acid groups (broad SMARTS) is 1. The maximum absolute atomic E-state index is 9.37. The molecule has 0 aliphatic rings. The third-order valence-electron chi connectivity index (χ3n) is 0.302. The van der Waals surface area contributed by atoms with E-state index in [0.717, 1.165) is 0 Å². The molecule has 0 rings (SSSR count). The fourth-order valence-corrected chi connectivity index (χ4v) is 0. The largest absolute Gasteiger partial charge is 0.481 e. The van der Waals surface area contributed by atoms with Crippen molar-refractivity contribution in [3.63, 3.8) is 0 Å².